The molecule has 1 aliphatic carbocycles. The minimum atomic E-state index is 0.0343. The van der Waals surface area contributed by atoms with Gasteiger partial charge in [0.15, 0.2) is 0 Å². The van der Waals surface area contributed by atoms with Crippen LogP contribution in [0.25, 0.3) is 19.5 Å². The first kappa shape index (κ1) is 25.1. The normalized spacial score (nSPS) is 14.9. The molecule has 0 radical (unpaired) electrons. The van der Waals surface area contributed by atoms with Gasteiger partial charge in [-0.2, -0.15) is 0 Å². The summed E-state index contributed by atoms with van der Waals surface area (Å²) in [4.78, 5) is 5.57. The van der Waals surface area contributed by atoms with Crippen molar-refractivity contribution in [3.8, 4) is 19.5 Å². The highest BCUT2D eigenvalue weighted by atomic mass is 79.9. The highest BCUT2D eigenvalue weighted by Gasteiger charge is 2.42. The van der Waals surface area contributed by atoms with E-state index in [1.165, 1.54) is 51.0 Å². The lowest BCUT2D eigenvalue weighted by atomic mass is 9.86. The van der Waals surface area contributed by atoms with Gasteiger partial charge in [0.25, 0.3) is 0 Å². The van der Waals surface area contributed by atoms with E-state index in [1.54, 1.807) is 0 Å². The zero-order valence-corrected chi connectivity index (χ0v) is 24.3. The van der Waals surface area contributed by atoms with Crippen molar-refractivity contribution in [2.24, 2.45) is 5.41 Å². The maximum absolute atomic E-state index is 6.23. The topological polar surface area (TPSA) is 18.5 Å². The first-order chi connectivity index (χ1) is 15.5. The molecule has 3 aromatic rings. The number of hydrogen-bond donors (Lipinski definition) is 0. The standard InChI is InChI=1S/C25H30Br2O2S3/c1-3-5-11-28-15-25(16-29-12-6-4-2)13-17-18(14-25)24(20-8-10-22(27)31-20)32-23(17)19-7-9-21(26)30-19/h7-10H,3-6,11-16H2,1-2H3. The zero-order chi connectivity index (χ0) is 22.6. The SMILES string of the molecule is CCCCOCC1(COCCCC)Cc2c(-c3ccc(Br)s3)sc(-c3ccc(Br)s3)c2C1. The first-order valence-electron chi connectivity index (χ1n) is 11.4. The molecule has 0 unspecified atom stereocenters. The Kier molecular flexibility index (Phi) is 9.10. The molecule has 0 saturated heterocycles. The molecule has 0 atom stereocenters. The van der Waals surface area contributed by atoms with Crippen LogP contribution < -0.4 is 0 Å². The number of unbranched alkanes of at least 4 members (excludes halogenated alkanes) is 2. The molecule has 0 aliphatic heterocycles. The quantitative estimate of drug-likeness (QED) is 0.188. The molecule has 174 valence electrons. The summed E-state index contributed by atoms with van der Waals surface area (Å²) in [7, 11) is 0. The Morgan fingerprint density at radius 1 is 0.750 bits per heavy atom. The molecule has 0 amide bonds. The lowest BCUT2D eigenvalue weighted by Gasteiger charge is -2.29. The summed E-state index contributed by atoms with van der Waals surface area (Å²) in [6.45, 7) is 7.68. The molecule has 2 nitrogen and oxygen atoms in total. The second-order valence-corrected chi connectivity index (χ2v) is 14.5. The highest BCUT2D eigenvalue weighted by Crippen LogP contribution is 2.53. The van der Waals surface area contributed by atoms with Crippen molar-refractivity contribution >= 4 is 65.9 Å². The maximum atomic E-state index is 6.23. The number of ether oxygens (including phenoxy) is 2. The molecule has 0 spiro atoms. The molecule has 0 fully saturated rings. The summed E-state index contributed by atoms with van der Waals surface area (Å²) in [5.41, 5.74) is 3.07. The molecule has 0 bridgehead atoms. The number of hydrogen-bond acceptors (Lipinski definition) is 5. The van der Waals surface area contributed by atoms with Crippen LogP contribution in [0, 0.1) is 5.41 Å². The molecule has 1 aliphatic rings. The Morgan fingerprint density at radius 2 is 1.22 bits per heavy atom. The van der Waals surface area contributed by atoms with E-state index in [0.29, 0.717) is 0 Å². The third kappa shape index (κ3) is 5.78. The summed E-state index contributed by atoms with van der Waals surface area (Å²) in [6.07, 6.45) is 6.65. The number of rotatable bonds is 12. The van der Waals surface area contributed by atoms with Gasteiger partial charge in [-0.15, -0.1) is 34.0 Å². The van der Waals surface area contributed by atoms with Crippen LogP contribution in [-0.4, -0.2) is 26.4 Å². The number of thiophene rings is 3. The molecular weight excluding hydrogens is 588 g/mol. The van der Waals surface area contributed by atoms with Gasteiger partial charge in [0.05, 0.1) is 20.8 Å². The summed E-state index contributed by atoms with van der Waals surface area (Å²) in [5.74, 6) is 0. The van der Waals surface area contributed by atoms with Crippen molar-refractivity contribution in [2.75, 3.05) is 26.4 Å². The van der Waals surface area contributed by atoms with Crippen molar-refractivity contribution in [1.29, 1.82) is 0 Å². The van der Waals surface area contributed by atoms with Crippen LogP contribution >= 0.6 is 65.9 Å². The molecule has 4 rings (SSSR count). The van der Waals surface area contributed by atoms with Crippen LogP contribution in [0.2, 0.25) is 0 Å². The monoisotopic (exact) mass is 616 g/mol. The number of halogens is 2. The van der Waals surface area contributed by atoms with E-state index in [-0.39, 0.29) is 5.41 Å². The van der Waals surface area contributed by atoms with E-state index in [4.69, 9.17) is 9.47 Å². The minimum Gasteiger partial charge on any atom is -0.381 e. The summed E-state index contributed by atoms with van der Waals surface area (Å²) >= 11 is 12.9. The predicted octanol–water partition coefficient (Wildman–Crippen LogP) is 9.45. The van der Waals surface area contributed by atoms with Crippen molar-refractivity contribution in [3.63, 3.8) is 0 Å². The Hall–Kier alpha value is -0.0200. The van der Waals surface area contributed by atoms with Gasteiger partial charge in [0, 0.05) is 38.1 Å². The van der Waals surface area contributed by atoms with E-state index >= 15 is 0 Å². The van der Waals surface area contributed by atoms with E-state index in [0.717, 1.165) is 52.1 Å². The zero-order valence-electron chi connectivity index (χ0n) is 18.7. The van der Waals surface area contributed by atoms with E-state index in [2.05, 4.69) is 70.0 Å². The van der Waals surface area contributed by atoms with Gasteiger partial charge in [-0.1, -0.05) is 26.7 Å². The third-order valence-electron chi connectivity index (χ3n) is 5.92. The summed E-state index contributed by atoms with van der Waals surface area (Å²) in [5, 5.41) is 0. The smallest absolute Gasteiger partial charge is 0.0705 e. The van der Waals surface area contributed by atoms with E-state index in [9.17, 15) is 0 Å². The van der Waals surface area contributed by atoms with Gasteiger partial charge in [0.2, 0.25) is 0 Å². The highest BCUT2D eigenvalue weighted by molar-refractivity contribution is 9.11. The van der Waals surface area contributed by atoms with Crippen LogP contribution in [0.3, 0.4) is 0 Å². The predicted molar refractivity (Wildman–Crippen MR) is 148 cm³/mol. The number of fused-ring (bicyclic) bond motifs is 1. The van der Waals surface area contributed by atoms with E-state index in [1.807, 2.05) is 34.0 Å². The molecule has 3 heterocycles. The Labute approximate surface area is 220 Å². The van der Waals surface area contributed by atoms with Gasteiger partial charge in [-0.05, 0) is 92.9 Å². The van der Waals surface area contributed by atoms with Crippen LogP contribution in [0.4, 0.5) is 0 Å². The first-order valence-corrected chi connectivity index (χ1v) is 15.4. The van der Waals surface area contributed by atoms with Crippen LogP contribution in [0.1, 0.15) is 50.7 Å². The van der Waals surface area contributed by atoms with Gasteiger partial charge in [0.1, 0.15) is 0 Å². The molecule has 7 heteroatoms. The Balaban J connectivity index is 1.67. The van der Waals surface area contributed by atoms with Gasteiger partial charge < -0.3 is 9.47 Å². The molecule has 0 aromatic carbocycles. The fourth-order valence-electron chi connectivity index (χ4n) is 4.27. The lowest BCUT2D eigenvalue weighted by Crippen LogP contribution is -2.34. The van der Waals surface area contributed by atoms with Gasteiger partial charge >= 0.3 is 0 Å². The Morgan fingerprint density at radius 3 is 1.59 bits per heavy atom. The molecule has 0 saturated carbocycles. The van der Waals surface area contributed by atoms with Gasteiger partial charge in [-0.25, -0.2) is 0 Å². The maximum Gasteiger partial charge on any atom is 0.0705 e. The van der Waals surface area contributed by atoms with E-state index < -0.39 is 0 Å². The molecule has 0 N–H and O–H groups in total. The fraction of sp³-hybridized carbons (Fsp3) is 0.520. The second kappa shape index (κ2) is 11.6. The molecule has 32 heavy (non-hydrogen) atoms. The van der Waals surface area contributed by atoms with Crippen molar-refractivity contribution in [2.45, 2.75) is 52.4 Å². The average Bonchev–Trinajstić information content (AvgIpc) is 3.53. The minimum absolute atomic E-state index is 0.0343. The van der Waals surface area contributed by atoms with Crippen LogP contribution in [0.15, 0.2) is 31.8 Å². The molecular formula is C25H30Br2O2S3. The molecule has 3 aromatic heterocycles. The van der Waals surface area contributed by atoms with Gasteiger partial charge in [-0.3, -0.25) is 0 Å². The largest absolute Gasteiger partial charge is 0.381 e. The lowest BCUT2D eigenvalue weighted by molar-refractivity contribution is -0.0187. The van der Waals surface area contributed by atoms with Crippen molar-refractivity contribution < 1.29 is 9.47 Å². The van der Waals surface area contributed by atoms with Crippen LogP contribution in [-0.2, 0) is 22.3 Å². The van der Waals surface area contributed by atoms with Crippen LogP contribution in [0.5, 0.6) is 0 Å². The second-order valence-electron chi connectivity index (χ2n) is 8.59. The summed E-state index contributed by atoms with van der Waals surface area (Å²) in [6, 6.07) is 8.84. The average molecular weight is 619 g/mol. The summed E-state index contributed by atoms with van der Waals surface area (Å²) < 4.78 is 14.8. The fourth-order valence-corrected chi connectivity index (χ4v) is 8.66. The van der Waals surface area contributed by atoms with Crippen molar-refractivity contribution in [1.82, 2.24) is 0 Å². The van der Waals surface area contributed by atoms with Crippen molar-refractivity contribution in [3.05, 3.63) is 43.0 Å². The Bertz CT molecular complexity index is 942. The third-order valence-corrected chi connectivity index (χ3v) is 10.8.